The largest absolute Gasteiger partial charge is 0.392 e. The number of amides is 1. The van der Waals surface area contributed by atoms with E-state index in [4.69, 9.17) is 4.74 Å². The van der Waals surface area contributed by atoms with Crippen molar-refractivity contribution < 1.29 is 14.6 Å². The Morgan fingerprint density at radius 2 is 1.91 bits per heavy atom. The minimum Gasteiger partial charge on any atom is -0.392 e. The highest BCUT2D eigenvalue weighted by Crippen LogP contribution is 2.51. The quantitative estimate of drug-likeness (QED) is 0.865. The van der Waals surface area contributed by atoms with E-state index in [0.717, 1.165) is 32.1 Å². The van der Waals surface area contributed by atoms with Crippen LogP contribution in [0.25, 0.3) is 0 Å². The van der Waals surface area contributed by atoms with Crippen LogP contribution < -0.4 is 0 Å². The molecule has 0 aromatic heterocycles. The monoisotopic (exact) mass is 320 g/mol. The fourth-order valence-electron chi connectivity index (χ4n) is 4.77. The Balaban J connectivity index is 1.64. The number of carbonyl (C=O) groups is 1. The number of nitriles is 1. The van der Waals surface area contributed by atoms with Crippen molar-refractivity contribution in [2.24, 2.45) is 10.8 Å². The van der Waals surface area contributed by atoms with Gasteiger partial charge in [0.25, 0.3) is 0 Å². The van der Waals surface area contributed by atoms with Gasteiger partial charge in [-0.1, -0.05) is 19.3 Å². The molecule has 3 rings (SSSR count). The van der Waals surface area contributed by atoms with E-state index >= 15 is 0 Å². The van der Waals surface area contributed by atoms with Gasteiger partial charge in [0, 0.05) is 31.5 Å². The molecule has 23 heavy (non-hydrogen) atoms. The van der Waals surface area contributed by atoms with Crippen molar-refractivity contribution in [3.8, 4) is 6.07 Å². The van der Waals surface area contributed by atoms with Gasteiger partial charge in [-0.3, -0.25) is 4.79 Å². The van der Waals surface area contributed by atoms with Crippen LogP contribution >= 0.6 is 0 Å². The smallest absolute Gasteiger partial charge is 0.243 e. The summed E-state index contributed by atoms with van der Waals surface area (Å²) in [6.45, 7) is 3.93. The predicted octanol–water partition coefficient (Wildman–Crippen LogP) is 2.24. The lowest BCUT2D eigenvalue weighted by atomic mass is 9.58. The Kier molecular flexibility index (Phi) is 4.66. The van der Waals surface area contributed by atoms with Crippen molar-refractivity contribution in [2.45, 2.75) is 70.5 Å². The summed E-state index contributed by atoms with van der Waals surface area (Å²) in [6, 6.07) is 2.34. The first-order valence-electron chi connectivity index (χ1n) is 9.08. The van der Waals surface area contributed by atoms with Gasteiger partial charge < -0.3 is 14.7 Å². The molecule has 2 atom stereocenters. The summed E-state index contributed by atoms with van der Waals surface area (Å²) in [7, 11) is 0. The van der Waals surface area contributed by atoms with Crippen LogP contribution in [0.1, 0.15) is 58.3 Å². The van der Waals surface area contributed by atoms with Gasteiger partial charge in [0.2, 0.25) is 5.91 Å². The van der Waals surface area contributed by atoms with E-state index in [0.29, 0.717) is 39.0 Å². The van der Waals surface area contributed by atoms with Crippen LogP contribution in [0.5, 0.6) is 0 Å². The van der Waals surface area contributed by atoms with Crippen molar-refractivity contribution >= 4 is 5.91 Å². The summed E-state index contributed by atoms with van der Waals surface area (Å²) in [5.74, 6) is 0.0244. The summed E-state index contributed by atoms with van der Waals surface area (Å²) >= 11 is 0. The number of aliphatic hydroxyl groups excluding tert-OH is 1. The Hall–Kier alpha value is -1.12. The summed E-state index contributed by atoms with van der Waals surface area (Å²) in [5, 5.41) is 19.9. The van der Waals surface area contributed by atoms with Gasteiger partial charge in [-0.2, -0.15) is 5.26 Å². The molecule has 5 nitrogen and oxygen atoms in total. The minimum atomic E-state index is -0.791. The highest BCUT2D eigenvalue weighted by atomic mass is 16.5. The molecule has 0 radical (unpaired) electrons. The molecule has 1 spiro atoms. The molecular formula is C18H28N2O3. The van der Waals surface area contributed by atoms with Gasteiger partial charge in [-0.05, 0) is 32.6 Å². The number of piperidine rings is 1. The molecule has 2 saturated carbocycles. The molecule has 5 heteroatoms. The number of nitrogens with zero attached hydrogens (tertiary/aromatic N) is 2. The lowest BCUT2D eigenvalue weighted by Gasteiger charge is -2.57. The van der Waals surface area contributed by atoms with Crippen molar-refractivity contribution in [3.05, 3.63) is 0 Å². The predicted molar refractivity (Wildman–Crippen MR) is 85.4 cm³/mol. The second kappa shape index (κ2) is 6.41. The van der Waals surface area contributed by atoms with Crippen molar-refractivity contribution in [1.29, 1.82) is 5.26 Å². The number of aliphatic hydroxyl groups is 1. The zero-order valence-electron chi connectivity index (χ0n) is 14.1. The third-order valence-electron chi connectivity index (χ3n) is 6.42. The van der Waals surface area contributed by atoms with Gasteiger partial charge in [0.1, 0.15) is 5.41 Å². The number of hydrogen-bond acceptors (Lipinski definition) is 4. The van der Waals surface area contributed by atoms with Crippen LogP contribution in [0.15, 0.2) is 0 Å². The van der Waals surface area contributed by atoms with E-state index in [9.17, 15) is 15.2 Å². The number of hydrogen-bond donors (Lipinski definition) is 1. The van der Waals surface area contributed by atoms with Crippen LogP contribution in [0.3, 0.4) is 0 Å². The SMILES string of the molecule is CCOC1CC(O)C12CCN(C(=O)C1(C#N)CCCCC1)CC2. The number of ether oxygens (including phenoxy) is 1. The Bertz CT molecular complexity index is 483. The van der Waals surface area contributed by atoms with E-state index in [2.05, 4.69) is 6.07 Å². The highest BCUT2D eigenvalue weighted by molar-refractivity contribution is 5.85. The van der Waals surface area contributed by atoms with Gasteiger partial charge >= 0.3 is 0 Å². The molecule has 3 fully saturated rings. The van der Waals surface area contributed by atoms with Crippen LogP contribution in [0, 0.1) is 22.2 Å². The van der Waals surface area contributed by atoms with Gasteiger partial charge in [-0.25, -0.2) is 0 Å². The first kappa shape index (κ1) is 16.7. The maximum atomic E-state index is 12.9. The first-order valence-corrected chi connectivity index (χ1v) is 9.08. The fraction of sp³-hybridized carbons (Fsp3) is 0.889. The normalized spacial score (nSPS) is 32.1. The number of rotatable bonds is 3. The molecule has 0 bridgehead atoms. The molecule has 1 saturated heterocycles. The molecule has 1 heterocycles. The van der Waals surface area contributed by atoms with E-state index in [-0.39, 0.29) is 23.5 Å². The lowest BCUT2D eigenvalue weighted by molar-refractivity contribution is -0.211. The van der Waals surface area contributed by atoms with Crippen molar-refractivity contribution in [2.75, 3.05) is 19.7 Å². The molecular weight excluding hydrogens is 292 g/mol. The average molecular weight is 320 g/mol. The van der Waals surface area contributed by atoms with Crippen LogP contribution in [0.2, 0.25) is 0 Å². The highest BCUT2D eigenvalue weighted by Gasteiger charge is 2.57. The Morgan fingerprint density at radius 1 is 1.26 bits per heavy atom. The van der Waals surface area contributed by atoms with Gasteiger partial charge in [-0.15, -0.1) is 0 Å². The summed E-state index contributed by atoms with van der Waals surface area (Å²) < 4.78 is 5.78. The zero-order chi connectivity index (χ0) is 16.5. The third kappa shape index (κ3) is 2.66. The number of carbonyl (C=O) groups excluding carboxylic acids is 1. The molecule has 3 aliphatic rings. The van der Waals surface area contributed by atoms with Gasteiger partial charge in [0.15, 0.2) is 0 Å². The summed E-state index contributed by atoms with van der Waals surface area (Å²) in [4.78, 5) is 14.8. The average Bonchev–Trinajstić information content (AvgIpc) is 2.61. The maximum Gasteiger partial charge on any atom is 0.243 e. The second-order valence-electron chi connectivity index (χ2n) is 7.48. The minimum absolute atomic E-state index is 0.0244. The Morgan fingerprint density at radius 3 is 2.43 bits per heavy atom. The third-order valence-corrected chi connectivity index (χ3v) is 6.42. The second-order valence-corrected chi connectivity index (χ2v) is 7.48. The summed E-state index contributed by atoms with van der Waals surface area (Å²) in [6.07, 6.45) is 6.58. The van der Waals surface area contributed by atoms with E-state index in [1.807, 2.05) is 11.8 Å². The Labute approximate surface area is 138 Å². The molecule has 128 valence electrons. The molecule has 1 amide bonds. The first-order chi connectivity index (χ1) is 11.1. The molecule has 0 aromatic carbocycles. The summed E-state index contributed by atoms with van der Waals surface area (Å²) in [5.41, 5.74) is -0.959. The zero-order valence-corrected chi connectivity index (χ0v) is 14.1. The molecule has 0 aromatic rings. The molecule has 2 aliphatic carbocycles. The topological polar surface area (TPSA) is 73.6 Å². The molecule has 2 unspecified atom stereocenters. The van der Waals surface area contributed by atoms with Crippen LogP contribution in [-0.2, 0) is 9.53 Å². The van der Waals surface area contributed by atoms with E-state index < -0.39 is 5.41 Å². The molecule has 1 aliphatic heterocycles. The van der Waals surface area contributed by atoms with Crippen molar-refractivity contribution in [3.63, 3.8) is 0 Å². The van der Waals surface area contributed by atoms with Crippen LogP contribution in [0.4, 0.5) is 0 Å². The van der Waals surface area contributed by atoms with E-state index in [1.165, 1.54) is 0 Å². The maximum absolute atomic E-state index is 12.9. The standard InChI is InChI=1S/C18H28N2O3/c1-2-23-15-12-14(21)18(15)8-10-20(11-9-18)16(22)17(13-19)6-4-3-5-7-17/h14-15,21H,2-12H2,1H3. The van der Waals surface area contributed by atoms with E-state index in [1.54, 1.807) is 0 Å². The van der Waals surface area contributed by atoms with Crippen LogP contribution in [-0.4, -0.2) is 47.8 Å². The molecule has 1 N–H and O–H groups in total. The lowest BCUT2D eigenvalue weighted by Crippen LogP contribution is -2.63. The van der Waals surface area contributed by atoms with Gasteiger partial charge in [0.05, 0.1) is 18.3 Å². The van der Waals surface area contributed by atoms with Crippen molar-refractivity contribution in [1.82, 2.24) is 4.90 Å². The fourth-order valence-corrected chi connectivity index (χ4v) is 4.77. The number of likely N-dealkylation sites (tertiary alicyclic amines) is 1.